The highest BCUT2D eigenvalue weighted by atomic mass is 19.1. The number of carbonyl (C=O) groups excluding carboxylic acids is 1. The first-order valence-corrected chi connectivity index (χ1v) is 6.86. The molecule has 0 radical (unpaired) electrons. The Morgan fingerprint density at radius 2 is 2.05 bits per heavy atom. The van der Waals surface area contributed by atoms with Crippen molar-refractivity contribution in [3.63, 3.8) is 0 Å². The lowest BCUT2D eigenvalue weighted by Crippen LogP contribution is -2.06. The van der Waals surface area contributed by atoms with Gasteiger partial charge >= 0.3 is 5.97 Å². The van der Waals surface area contributed by atoms with Gasteiger partial charge in [-0.2, -0.15) is 0 Å². The highest BCUT2D eigenvalue weighted by Crippen LogP contribution is 2.15. The summed E-state index contributed by atoms with van der Waals surface area (Å²) in [5, 5.41) is 3.21. The molecule has 0 aromatic heterocycles. The average molecular weight is 287 g/mol. The fourth-order valence-electron chi connectivity index (χ4n) is 1.99. The molecule has 0 atom stereocenters. The summed E-state index contributed by atoms with van der Waals surface area (Å²) in [4.78, 5) is 11.7. The Kier molecular flexibility index (Phi) is 4.93. The monoisotopic (exact) mass is 287 g/mol. The normalized spacial score (nSPS) is 10.2. The molecule has 0 fully saturated rings. The Labute approximate surface area is 123 Å². The van der Waals surface area contributed by atoms with Crippen LogP contribution in [0.3, 0.4) is 0 Å². The lowest BCUT2D eigenvalue weighted by atomic mass is 10.1. The number of anilines is 1. The van der Waals surface area contributed by atoms with E-state index in [-0.39, 0.29) is 11.8 Å². The van der Waals surface area contributed by atoms with E-state index in [1.807, 2.05) is 6.07 Å². The first-order chi connectivity index (χ1) is 10.1. The third-order valence-electron chi connectivity index (χ3n) is 3.09. The van der Waals surface area contributed by atoms with Crippen LogP contribution in [-0.4, -0.2) is 12.6 Å². The fourth-order valence-corrected chi connectivity index (χ4v) is 1.99. The Balaban J connectivity index is 2.04. The number of benzene rings is 2. The predicted molar refractivity (Wildman–Crippen MR) is 80.9 cm³/mol. The average Bonchev–Trinajstić information content (AvgIpc) is 2.49. The Morgan fingerprint density at radius 1 is 1.24 bits per heavy atom. The van der Waals surface area contributed by atoms with E-state index in [0.717, 1.165) is 11.3 Å². The zero-order valence-corrected chi connectivity index (χ0v) is 12.2. The highest BCUT2D eigenvalue weighted by Gasteiger charge is 2.06. The first-order valence-electron chi connectivity index (χ1n) is 6.86. The highest BCUT2D eigenvalue weighted by molar-refractivity contribution is 5.90. The van der Waals surface area contributed by atoms with Crippen LogP contribution in [0.2, 0.25) is 0 Å². The SMILES string of the molecule is CCOC(=O)c1cccc(NCc2ccc(F)c(C)c2)c1. The Hall–Kier alpha value is -2.36. The van der Waals surface area contributed by atoms with Crippen molar-refractivity contribution < 1.29 is 13.9 Å². The van der Waals surface area contributed by atoms with Crippen molar-refractivity contribution in [2.24, 2.45) is 0 Å². The van der Waals surface area contributed by atoms with Crippen molar-refractivity contribution in [1.82, 2.24) is 0 Å². The van der Waals surface area contributed by atoms with Crippen molar-refractivity contribution in [2.75, 3.05) is 11.9 Å². The number of rotatable bonds is 5. The molecule has 21 heavy (non-hydrogen) atoms. The molecule has 0 saturated heterocycles. The minimum atomic E-state index is -0.334. The third kappa shape index (κ3) is 4.05. The van der Waals surface area contributed by atoms with Gasteiger partial charge in [0, 0.05) is 12.2 Å². The van der Waals surface area contributed by atoms with Gasteiger partial charge in [0.2, 0.25) is 0 Å². The van der Waals surface area contributed by atoms with Crippen LogP contribution >= 0.6 is 0 Å². The van der Waals surface area contributed by atoms with Gasteiger partial charge < -0.3 is 10.1 Å². The summed E-state index contributed by atoms with van der Waals surface area (Å²) in [6.45, 7) is 4.43. The molecule has 0 aliphatic heterocycles. The summed E-state index contributed by atoms with van der Waals surface area (Å²) in [5.41, 5.74) is 2.93. The first kappa shape index (κ1) is 15.0. The van der Waals surface area contributed by atoms with Crippen LogP contribution in [-0.2, 0) is 11.3 Å². The van der Waals surface area contributed by atoms with Crippen molar-refractivity contribution in [1.29, 1.82) is 0 Å². The van der Waals surface area contributed by atoms with Crippen LogP contribution < -0.4 is 5.32 Å². The van der Waals surface area contributed by atoms with E-state index >= 15 is 0 Å². The molecule has 0 saturated carbocycles. The van der Waals surface area contributed by atoms with Gasteiger partial charge in [-0.25, -0.2) is 9.18 Å². The summed E-state index contributed by atoms with van der Waals surface area (Å²) in [5.74, 6) is -0.540. The molecule has 3 nitrogen and oxygen atoms in total. The van der Waals surface area contributed by atoms with Crippen LogP contribution in [0.5, 0.6) is 0 Å². The van der Waals surface area contributed by atoms with Crippen molar-refractivity contribution in [3.05, 3.63) is 65.0 Å². The maximum Gasteiger partial charge on any atom is 0.338 e. The van der Waals surface area contributed by atoms with E-state index in [9.17, 15) is 9.18 Å². The van der Waals surface area contributed by atoms with Crippen molar-refractivity contribution in [3.8, 4) is 0 Å². The zero-order valence-electron chi connectivity index (χ0n) is 12.2. The Morgan fingerprint density at radius 3 is 2.76 bits per heavy atom. The van der Waals surface area contributed by atoms with Gasteiger partial charge in [0.1, 0.15) is 5.82 Å². The molecule has 0 aliphatic rings. The fraction of sp³-hybridized carbons (Fsp3) is 0.235. The molecule has 2 aromatic carbocycles. The number of esters is 1. The molecule has 0 unspecified atom stereocenters. The van der Waals surface area contributed by atoms with Gasteiger partial charge in [-0.1, -0.05) is 18.2 Å². The molecule has 2 rings (SSSR count). The van der Waals surface area contributed by atoms with E-state index in [2.05, 4.69) is 5.32 Å². The van der Waals surface area contributed by atoms with Gasteiger partial charge in [-0.05, 0) is 49.2 Å². The molecule has 0 aliphatic carbocycles. The largest absolute Gasteiger partial charge is 0.462 e. The van der Waals surface area contributed by atoms with Gasteiger partial charge in [-0.15, -0.1) is 0 Å². The molecule has 4 heteroatoms. The molecular formula is C17H18FNO2. The van der Waals surface area contributed by atoms with Crippen molar-refractivity contribution >= 4 is 11.7 Å². The minimum absolute atomic E-state index is 0.206. The molecule has 1 N–H and O–H groups in total. The van der Waals surface area contributed by atoms with E-state index in [0.29, 0.717) is 24.3 Å². The van der Waals surface area contributed by atoms with E-state index in [1.54, 1.807) is 44.2 Å². The summed E-state index contributed by atoms with van der Waals surface area (Å²) in [6, 6.07) is 12.1. The quantitative estimate of drug-likeness (QED) is 0.847. The number of halogens is 1. The van der Waals surface area contributed by atoms with Crippen LogP contribution in [0.15, 0.2) is 42.5 Å². The number of ether oxygens (including phenoxy) is 1. The molecule has 0 bridgehead atoms. The number of hydrogen-bond acceptors (Lipinski definition) is 3. The van der Waals surface area contributed by atoms with Crippen LogP contribution in [0.4, 0.5) is 10.1 Å². The molecular weight excluding hydrogens is 269 g/mol. The lowest BCUT2D eigenvalue weighted by Gasteiger charge is -2.09. The van der Waals surface area contributed by atoms with Gasteiger partial charge in [-0.3, -0.25) is 0 Å². The third-order valence-corrected chi connectivity index (χ3v) is 3.09. The number of hydrogen-bond donors (Lipinski definition) is 1. The second-order valence-corrected chi connectivity index (χ2v) is 4.74. The zero-order chi connectivity index (χ0) is 15.2. The molecule has 0 amide bonds. The van der Waals surface area contributed by atoms with Gasteiger partial charge in [0.25, 0.3) is 0 Å². The van der Waals surface area contributed by atoms with Crippen LogP contribution in [0, 0.1) is 12.7 Å². The second-order valence-electron chi connectivity index (χ2n) is 4.74. The number of nitrogens with one attached hydrogen (secondary N) is 1. The maximum atomic E-state index is 13.2. The Bertz CT molecular complexity index is 640. The lowest BCUT2D eigenvalue weighted by molar-refractivity contribution is 0.0526. The number of aryl methyl sites for hydroxylation is 1. The summed E-state index contributed by atoms with van der Waals surface area (Å²) >= 11 is 0. The summed E-state index contributed by atoms with van der Waals surface area (Å²) < 4.78 is 18.2. The smallest absolute Gasteiger partial charge is 0.338 e. The van der Waals surface area contributed by atoms with E-state index < -0.39 is 0 Å². The second kappa shape index (κ2) is 6.88. The molecule has 2 aromatic rings. The van der Waals surface area contributed by atoms with E-state index in [4.69, 9.17) is 4.74 Å². The topological polar surface area (TPSA) is 38.3 Å². The van der Waals surface area contributed by atoms with E-state index in [1.165, 1.54) is 6.07 Å². The van der Waals surface area contributed by atoms with Crippen LogP contribution in [0.25, 0.3) is 0 Å². The van der Waals surface area contributed by atoms with Gasteiger partial charge in [0.05, 0.1) is 12.2 Å². The maximum absolute atomic E-state index is 13.2. The predicted octanol–water partition coefficient (Wildman–Crippen LogP) is 3.92. The van der Waals surface area contributed by atoms with Crippen LogP contribution in [0.1, 0.15) is 28.4 Å². The standard InChI is InChI=1S/C17H18FNO2/c1-3-21-17(20)14-5-4-6-15(10-14)19-11-13-7-8-16(18)12(2)9-13/h4-10,19H,3,11H2,1-2H3. The molecule has 0 heterocycles. The minimum Gasteiger partial charge on any atom is -0.462 e. The summed E-state index contributed by atoms with van der Waals surface area (Å²) in [7, 11) is 0. The molecule has 0 spiro atoms. The summed E-state index contributed by atoms with van der Waals surface area (Å²) in [6.07, 6.45) is 0. The van der Waals surface area contributed by atoms with Crippen molar-refractivity contribution in [2.45, 2.75) is 20.4 Å². The number of carbonyl (C=O) groups is 1. The molecule has 110 valence electrons. The van der Waals surface area contributed by atoms with Gasteiger partial charge in [0.15, 0.2) is 0 Å².